The topological polar surface area (TPSA) is 214 Å². The molecular weight excluding hydrogens is 909 g/mol. The number of ether oxygens (including phenoxy) is 6. The van der Waals surface area contributed by atoms with Gasteiger partial charge in [0.1, 0.15) is 54.9 Å². The van der Waals surface area contributed by atoms with Crippen LogP contribution in [0.1, 0.15) is 219 Å². The first-order chi connectivity index (χ1) is 34.6. The summed E-state index contributed by atoms with van der Waals surface area (Å²) in [7, 11) is 0. The van der Waals surface area contributed by atoms with E-state index in [9.17, 15) is 40.5 Å². The Morgan fingerprint density at radius 2 is 0.873 bits per heavy atom. The molecule has 2 heterocycles. The number of carbonyl (C=O) groups is 1. The minimum atomic E-state index is -1.71. The Hall–Kier alpha value is -1.79. The van der Waals surface area contributed by atoms with Crippen LogP contribution >= 0.6 is 0 Å². The summed E-state index contributed by atoms with van der Waals surface area (Å²) in [5.74, 6) is -0.380. The largest absolute Gasteiger partial charge is 0.457 e. The van der Waals surface area contributed by atoms with Gasteiger partial charge in [0.05, 0.1) is 26.4 Å². The number of hydrogen-bond donors (Lipinski definition) is 7. The molecular formula is C57H104O14. The monoisotopic (exact) mass is 1010 g/mol. The SMILES string of the molecule is CCCCC/C=C\C/C=C\CCCCCCCCOCC(COC1OC(COC2OC(CO)C(O)C(O)C2O)C(O)C(O)C1O)OC(=O)CCCCCCCCCCC/C=C\CCCCCCCCCC. The Labute approximate surface area is 429 Å². The molecule has 0 aromatic carbocycles. The molecule has 2 saturated heterocycles. The predicted octanol–water partition coefficient (Wildman–Crippen LogP) is 9.75. The van der Waals surface area contributed by atoms with Gasteiger partial charge in [-0.1, -0.05) is 179 Å². The highest BCUT2D eigenvalue weighted by atomic mass is 16.7. The third-order valence-corrected chi connectivity index (χ3v) is 13.6. The smallest absolute Gasteiger partial charge is 0.306 e. The Morgan fingerprint density at radius 1 is 0.465 bits per heavy atom. The summed E-state index contributed by atoms with van der Waals surface area (Å²) < 4.78 is 34.4. The number of allylic oxidation sites excluding steroid dienone is 6. The van der Waals surface area contributed by atoms with Crippen LogP contribution in [0.5, 0.6) is 0 Å². The van der Waals surface area contributed by atoms with E-state index in [2.05, 4.69) is 50.3 Å². The van der Waals surface area contributed by atoms with Crippen molar-refractivity contribution in [3.8, 4) is 0 Å². The van der Waals surface area contributed by atoms with Gasteiger partial charge in [0.25, 0.3) is 0 Å². The number of aliphatic hydroxyl groups is 7. The first-order valence-corrected chi connectivity index (χ1v) is 28.6. The molecule has 14 heteroatoms. The van der Waals surface area contributed by atoms with E-state index in [0.29, 0.717) is 13.0 Å². The fourth-order valence-electron chi connectivity index (χ4n) is 8.96. The lowest BCUT2D eigenvalue weighted by atomic mass is 9.98. The number of carbonyl (C=O) groups excluding carboxylic acids is 1. The van der Waals surface area contributed by atoms with Crippen molar-refractivity contribution in [2.24, 2.45) is 0 Å². The Kier molecular flexibility index (Phi) is 40.9. The third kappa shape index (κ3) is 31.6. The van der Waals surface area contributed by atoms with Crippen LogP contribution in [0.2, 0.25) is 0 Å². The van der Waals surface area contributed by atoms with E-state index in [4.69, 9.17) is 28.4 Å². The van der Waals surface area contributed by atoms with Crippen molar-refractivity contribution < 1.29 is 69.0 Å². The molecule has 0 bridgehead atoms. The molecule has 0 radical (unpaired) electrons. The summed E-state index contributed by atoms with van der Waals surface area (Å²) in [6.45, 7) is 3.66. The van der Waals surface area contributed by atoms with E-state index >= 15 is 0 Å². The van der Waals surface area contributed by atoms with Crippen LogP contribution in [0.3, 0.4) is 0 Å². The highest BCUT2D eigenvalue weighted by molar-refractivity contribution is 5.69. The first kappa shape index (κ1) is 65.3. The average Bonchev–Trinajstić information content (AvgIpc) is 3.37. The number of hydrogen-bond acceptors (Lipinski definition) is 14. The Balaban J connectivity index is 1.72. The van der Waals surface area contributed by atoms with Crippen LogP contribution in [0.4, 0.5) is 0 Å². The van der Waals surface area contributed by atoms with Gasteiger partial charge >= 0.3 is 5.97 Å². The maximum absolute atomic E-state index is 13.1. The predicted molar refractivity (Wildman–Crippen MR) is 280 cm³/mol. The van der Waals surface area contributed by atoms with Crippen LogP contribution < -0.4 is 0 Å². The number of esters is 1. The zero-order chi connectivity index (χ0) is 51.6. The van der Waals surface area contributed by atoms with E-state index < -0.39 is 80.7 Å². The Bertz CT molecular complexity index is 1310. The lowest BCUT2D eigenvalue weighted by molar-refractivity contribution is -0.332. The summed E-state index contributed by atoms with van der Waals surface area (Å²) in [4.78, 5) is 13.1. The van der Waals surface area contributed by atoms with E-state index in [1.807, 2.05) is 0 Å². The first-order valence-electron chi connectivity index (χ1n) is 28.6. The van der Waals surface area contributed by atoms with E-state index in [-0.39, 0.29) is 25.6 Å². The van der Waals surface area contributed by atoms with E-state index in [1.165, 1.54) is 135 Å². The van der Waals surface area contributed by atoms with Crippen molar-refractivity contribution in [3.63, 3.8) is 0 Å². The highest BCUT2D eigenvalue weighted by Crippen LogP contribution is 2.27. The van der Waals surface area contributed by atoms with Crippen molar-refractivity contribution in [1.82, 2.24) is 0 Å². The minimum absolute atomic E-state index is 0.0548. The molecule has 71 heavy (non-hydrogen) atoms. The van der Waals surface area contributed by atoms with Crippen molar-refractivity contribution >= 4 is 5.97 Å². The highest BCUT2D eigenvalue weighted by Gasteiger charge is 2.47. The molecule has 2 fully saturated rings. The standard InChI is InChI=1S/C57H104O14/c1-3-5-7-9-11-13-15-17-19-21-22-23-24-25-26-28-30-32-34-36-38-40-49(59)69-46(43-66-41-39-37-35-33-31-29-27-20-18-16-14-12-10-8-6-4-2)44-67-56-55(65)53(63)51(61)48(71-56)45-68-57-54(64)52(62)50(60)47(42-58)70-57/h12,14,18,20-22,46-48,50-58,60-65H,3-11,13,15-17,19,23-45H2,1-2H3/b14-12-,20-18-,22-21-. The molecule has 0 aliphatic carbocycles. The van der Waals surface area contributed by atoms with Gasteiger partial charge in [-0.2, -0.15) is 0 Å². The van der Waals surface area contributed by atoms with Crippen LogP contribution in [0, 0.1) is 0 Å². The van der Waals surface area contributed by atoms with Crippen molar-refractivity contribution in [2.45, 2.75) is 287 Å². The van der Waals surface area contributed by atoms with Crippen molar-refractivity contribution in [1.29, 1.82) is 0 Å². The molecule has 416 valence electrons. The molecule has 11 atom stereocenters. The zero-order valence-electron chi connectivity index (χ0n) is 44.5. The lowest BCUT2D eigenvalue weighted by Crippen LogP contribution is -2.61. The summed E-state index contributed by atoms with van der Waals surface area (Å²) in [5, 5.41) is 72.3. The number of aliphatic hydroxyl groups excluding tert-OH is 7. The van der Waals surface area contributed by atoms with Crippen LogP contribution in [0.25, 0.3) is 0 Å². The molecule has 14 nitrogen and oxygen atoms in total. The second-order valence-electron chi connectivity index (χ2n) is 20.1. The van der Waals surface area contributed by atoms with E-state index in [1.54, 1.807) is 0 Å². The van der Waals surface area contributed by atoms with Crippen LogP contribution in [0.15, 0.2) is 36.5 Å². The second kappa shape index (κ2) is 44.5. The van der Waals surface area contributed by atoms with Gasteiger partial charge in [0.2, 0.25) is 0 Å². The molecule has 7 N–H and O–H groups in total. The van der Waals surface area contributed by atoms with E-state index in [0.717, 1.165) is 57.8 Å². The van der Waals surface area contributed by atoms with Gasteiger partial charge in [-0.25, -0.2) is 0 Å². The molecule has 0 amide bonds. The summed E-state index contributed by atoms with van der Waals surface area (Å²) >= 11 is 0. The van der Waals surface area contributed by atoms with Gasteiger partial charge < -0.3 is 64.2 Å². The quantitative estimate of drug-likeness (QED) is 0.0172. The molecule has 2 aliphatic rings. The maximum atomic E-state index is 13.1. The fourth-order valence-corrected chi connectivity index (χ4v) is 8.96. The van der Waals surface area contributed by atoms with Gasteiger partial charge in [-0.15, -0.1) is 0 Å². The lowest BCUT2D eigenvalue weighted by Gasteiger charge is -2.42. The molecule has 2 aliphatic heterocycles. The number of rotatable bonds is 46. The van der Waals surface area contributed by atoms with Crippen molar-refractivity contribution in [3.05, 3.63) is 36.5 Å². The summed E-state index contributed by atoms with van der Waals surface area (Å²) in [5.41, 5.74) is 0. The molecule has 2 rings (SSSR count). The minimum Gasteiger partial charge on any atom is -0.457 e. The fraction of sp³-hybridized carbons (Fsp3) is 0.877. The zero-order valence-corrected chi connectivity index (χ0v) is 44.5. The van der Waals surface area contributed by atoms with Crippen LogP contribution in [-0.2, 0) is 33.2 Å². The Morgan fingerprint density at radius 3 is 1.39 bits per heavy atom. The van der Waals surface area contributed by atoms with Gasteiger partial charge in [0, 0.05) is 13.0 Å². The molecule has 11 unspecified atom stereocenters. The van der Waals surface area contributed by atoms with Gasteiger partial charge in [-0.05, 0) is 70.6 Å². The average molecular weight is 1010 g/mol. The number of unbranched alkanes of at least 4 members (excludes halogenated alkanes) is 26. The normalized spacial score (nSPS) is 25.5. The van der Waals surface area contributed by atoms with Crippen molar-refractivity contribution in [2.75, 3.05) is 33.0 Å². The molecule has 0 aromatic heterocycles. The molecule has 0 spiro atoms. The van der Waals surface area contributed by atoms with Crippen LogP contribution in [-0.4, -0.2) is 142 Å². The summed E-state index contributed by atoms with van der Waals surface area (Å²) in [6.07, 6.45) is 34.9. The maximum Gasteiger partial charge on any atom is 0.306 e. The summed E-state index contributed by atoms with van der Waals surface area (Å²) in [6, 6.07) is 0. The second-order valence-corrected chi connectivity index (χ2v) is 20.1. The van der Waals surface area contributed by atoms with Gasteiger partial charge in [0.15, 0.2) is 12.6 Å². The third-order valence-electron chi connectivity index (χ3n) is 13.6. The molecule has 0 saturated carbocycles. The molecule has 0 aromatic rings. The van der Waals surface area contributed by atoms with Gasteiger partial charge in [-0.3, -0.25) is 4.79 Å².